The zero-order valence-corrected chi connectivity index (χ0v) is 19.8. The molecule has 2 aromatic rings. The summed E-state index contributed by atoms with van der Waals surface area (Å²) in [6.07, 6.45) is 2.37. The molecule has 0 atom stereocenters. The van der Waals surface area contributed by atoms with Gasteiger partial charge in [0.1, 0.15) is 0 Å². The Kier molecular flexibility index (Phi) is 6.70. The molecule has 1 fully saturated rings. The van der Waals surface area contributed by atoms with Crippen molar-refractivity contribution in [3.63, 3.8) is 0 Å². The van der Waals surface area contributed by atoms with E-state index in [4.69, 9.17) is 5.26 Å². The number of amides is 2. The fourth-order valence-corrected chi connectivity index (χ4v) is 5.40. The van der Waals surface area contributed by atoms with E-state index < -0.39 is 10.0 Å². The first-order valence-electron chi connectivity index (χ1n) is 11.1. The van der Waals surface area contributed by atoms with E-state index >= 15 is 0 Å². The number of rotatable bonds is 5. The highest BCUT2D eigenvalue weighted by Gasteiger charge is 2.29. The Bertz CT molecular complexity index is 1180. The Morgan fingerprint density at radius 2 is 1.91 bits per heavy atom. The lowest BCUT2D eigenvalue weighted by molar-refractivity contribution is 0.188. The zero-order chi connectivity index (χ0) is 23.6. The maximum absolute atomic E-state index is 13.0. The minimum atomic E-state index is -3.50. The number of piperidine rings is 1. The average Bonchev–Trinajstić information content (AvgIpc) is 3.24. The van der Waals surface area contributed by atoms with Crippen molar-refractivity contribution in [1.82, 2.24) is 14.5 Å². The van der Waals surface area contributed by atoms with Gasteiger partial charge in [0, 0.05) is 52.0 Å². The molecule has 0 unspecified atom stereocenters. The highest BCUT2D eigenvalue weighted by atomic mass is 32.2. The fraction of sp³-hybridized carbons (Fsp3) is 0.417. The van der Waals surface area contributed by atoms with E-state index in [0.29, 0.717) is 18.5 Å². The number of nitrogens with zero attached hydrogens (tertiary/aromatic N) is 4. The van der Waals surface area contributed by atoms with Crippen molar-refractivity contribution in [2.24, 2.45) is 0 Å². The SMILES string of the molecule is CN(C)S(=O)(=O)c1ccc2c(c1)CCN2C(=O)NC1CCN(Cc2cccc(C#N)c2)CC1. The molecular weight excluding hydrogens is 438 g/mol. The molecule has 0 saturated carbocycles. The van der Waals surface area contributed by atoms with Crippen LogP contribution in [0.25, 0.3) is 0 Å². The van der Waals surface area contributed by atoms with Crippen LogP contribution >= 0.6 is 0 Å². The van der Waals surface area contributed by atoms with Crippen molar-refractivity contribution in [2.45, 2.75) is 36.7 Å². The van der Waals surface area contributed by atoms with Gasteiger partial charge in [-0.3, -0.25) is 9.80 Å². The molecule has 2 amide bonds. The first kappa shape index (κ1) is 23.2. The van der Waals surface area contributed by atoms with E-state index in [1.807, 2.05) is 24.3 Å². The molecule has 0 radical (unpaired) electrons. The third-order valence-corrected chi connectivity index (χ3v) is 8.16. The first-order valence-corrected chi connectivity index (χ1v) is 12.6. The van der Waals surface area contributed by atoms with Gasteiger partial charge in [0.15, 0.2) is 0 Å². The molecule has 4 rings (SSSR count). The molecule has 174 valence electrons. The lowest BCUT2D eigenvalue weighted by atomic mass is 10.0. The number of anilines is 1. The summed E-state index contributed by atoms with van der Waals surface area (Å²) < 4.78 is 26.0. The Hall–Kier alpha value is -2.93. The summed E-state index contributed by atoms with van der Waals surface area (Å²) >= 11 is 0. The number of carbonyl (C=O) groups excluding carboxylic acids is 1. The molecule has 0 spiro atoms. The fourth-order valence-electron chi connectivity index (χ4n) is 4.45. The van der Waals surface area contributed by atoms with Crippen LogP contribution in [0.2, 0.25) is 0 Å². The number of hydrogen-bond donors (Lipinski definition) is 1. The van der Waals surface area contributed by atoms with Crippen molar-refractivity contribution >= 4 is 21.7 Å². The smallest absolute Gasteiger partial charge is 0.322 e. The number of carbonyl (C=O) groups is 1. The third kappa shape index (κ3) is 5.03. The summed E-state index contributed by atoms with van der Waals surface area (Å²) in [7, 11) is -0.475. The number of fused-ring (bicyclic) bond motifs is 1. The Balaban J connectivity index is 1.33. The van der Waals surface area contributed by atoms with Gasteiger partial charge in [-0.2, -0.15) is 5.26 Å². The average molecular weight is 468 g/mol. The minimum absolute atomic E-state index is 0.108. The summed E-state index contributed by atoms with van der Waals surface area (Å²) in [5, 5.41) is 12.2. The second kappa shape index (κ2) is 9.51. The van der Waals surface area contributed by atoms with Gasteiger partial charge in [-0.1, -0.05) is 12.1 Å². The zero-order valence-electron chi connectivity index (χ0n) is 19.0. The molecule has 2 heterocycles. The van der Waals surface area contributed by atoms with Crippen LogP contribution in [-0.4, -0.2) is 63.4 Å². The van der Waals surface area contributed by atoms with Gasteiger partial charge in [0.05, 0.1) is 16.5 Å². The minimum Gasteiger partial charge on any atom is -0.335 e. The van der Waals surface area contributed by atoms with Gasteiger partial charge in [0.25, 0.3) is 0 Å². The number of nitrogens with one attached hydrogen (secondary N) is 1. The normalized spacial score (nSPS) is 17.1. The van der Waals surface area contributed by atoms with Crippen LogP contribution in [0.3, 0.4) is 0 Å². The van der Waals surface area contributed by atoms with Crippen molar-refractivity contribution in [1.29, 1.82) is 5.26 Å². The van der Waals surface area contributed by atoms with Gasteiger partial charge >= 0.3 is 6.03 Å². The molecule has 2 aliphatic rings. The lowest BCUT2D eigenvalue weighted by Gasteiger charge is -2.33. The molecule has 0 aliphatic carbocycles. The summed E-state index contributed by atoms with van der Waals surface area (Å²) in [5.74, 6) is 0. The number of benzene rings is 2. The number of sulfonamides is 1. The van der Waals surface area contributed by atoms with E-state index in [2.05, 4.69) is 16.3 Å². The number of likely N-dealkylation sites (tertiary alicyclic amines) is 1. The summed E-state index contributed by atoms with van der Waals surface area (Å²) in [6, 6.07) is 14.8. The quantitative estimate of drug-likeness (QED) is 0.729. The first-order chi connectivity index (χ1) is 15.8. The van der Waals surface area contributed by atoms with Crippen molar-refractivity contribution in [3.05, 3.63) is 59.2 Å². The van der Waals surface area contributed by atoms with Gasteiger partial charge < -0.3 is 5.32 Å². The van der Waals surface area contributed by atoms with Gasteiger partial charge in [0.2, 0.25) is 10.0 Å². The number of urea groups is 1. The molecule has 2 aliphatic heterocycles. The molecule has 0 aromatic heterocycles. The predicted octanol–water partition coefficient (Wildman–Crippen LogP) is 2.55. The lowest BCUT2D eigenvalue weighted by Crippen LogP contribution is -2.48. The molecule has 1 saturated heterocycles. The van der Waals surface area contributed by atoms with Crippen LogP contribution in [0.1, 0.15) is 29.5 Å². The maximum atomic E-state index is 13.0. The van der Waals surface area contributed by atoms with Crippen LogP contribution in [0.5, 0.6) is 0 Å². The van der Waals surface area contributed by atoms with E-state index in [1.165, 1.54) is 18.4 Å². The van der Waals surface area contributed by atoms with Crippen LogP contribution < -0.4 is 10.2 Å². The van der Waals surface area contributed by atoms with E-state index in [9.17, 15) is 13.2 Å². The monoisotopic (exact) mass is 467 g/mol. The van der Waals surface area contributed by atoms with Crippen LogP contribution in [-0.2, 0) is 23.0 Å². The Morgan fingerprint density at radius 1 is 1.15 bits per heavy atom. The molecular formula is C24H29N5O3S. The van der Waals surface area contributed by atoms with Crippen molar-refractivity contribution in [3.8, 4) is 6.07 Å². The molecule has 9 heteroatoms. The summed E-state index contributed by atoms with van der Waals surface area (Å²) in [5.41, 5.74) is 3.45. The van der Waals surface area contributed by atoms with Crippen LogP contribution in [0.15, 0.2) is 47.4 Å². The van der Waals surface area contributed by atoms with Gasteiger partial charge in [-0.05, 0) is 60.7 Å². The van der Waals surface area contributed by atoms with E-state index in [-0.39, 0.29) is 17.0 Å². The molecule has 1 N–H and O–H groups in total. The molecule has 8 nitrogen and oxygen atoms in total. The summed E-state index contributed by atoms with van der Waals surface area (Å²) in [4.78, 5) is 17.3. The van der Waals surface area contributed by atoms with Crippen molar-refractivity contribution in [2.75, 3.05) is 38.6 Å². The van der Waals surface area contributed by atoms with Gasteiger partial charge in [-0.15, -0.1) is 0 Å². The maximum Gasteiger partial charge on any atom is 0.322 e. The standard InChI is InChI=1S/C24H29N5O3S/c1-27(2)33(31,32)22-6-7-23-20(15-22)8-13-29(23)24(30)26-21-9-11-28(12-10-21)17-19-5-3-4-18(14-19)16-25/h3-7,14-15,21H,8-13,17H2,1-2H3,(H,26,30). The highest BCUT2D eigenvalue weighted by Crippen LogP contribution is 2.31. The largest absolute Gasteiger partial charge is 0.335 e. The van der Waals surface area contributed by atoms with E-state index in [1.54, 1.807) is 23.1 Å². The Morgan fingerprint density at radius 3 is 2.61 bits per heavy atom. The van der Waals surface area contributed by atoms with E-state index in [0.717, 1.165) is 49.3 Å². The number of hydrogen-bond acceptors (Lipinski definition) is 5. The molecule has 0 bridgehead atoms. The Labute approximate surface area is 195 Å². The second-order valence-electron chi connectivity index (χ2n) is 8.79. The summed E-state index contributed by atoms with van der Waals surface area (Å²) in [6.45, 7) is 3.10. The predicted molar refractivity (Wildman–Crippen MR) is 126 cm³/mol. The third-order valence-electron chi connectivity index (χ3n) is 6.35. The highest BCUT2D eigenvalue weighted by molar-refractivity contribution is 7.89. The number of nitriles is 1. The van der Waals surface area contributed by atoms with Gasteiger partial charge in [-0.25, -0.2) is 17.5 Å². The molecule has 33 heavy (non-hydrogen) atoms. The van der Waals surface area contributed by atoms with Crippen LogP contribution in [0, 0.1) is 11.3 Å². The molecule has 2 aromatic carbocycles. The van der Waals surface area contributed by atoms with Crippen LogP contribution in [0.4, 0.5) is 10.5 Å². The van der Waals surface area contributed by atoms with Crippen molar-refractivity contribution < 1.29 is 13.2 Å². The topological polar surface area (TPSA) is 96.8 Å². The second-order valence-corrected chi connectivity index (χ2v) is 10.9.